The fourth-order valence-corrected chi connectivity index (χ4v) is 2.64. The van der Waals surface area contributed by atoms with Crippen LogP contribution in [0.1, 0.15) is 11.3 Å². The molecule has 0 amide bonds. The minimum atomic E-state index is -0.756. The average Bonchev–Trinajstić information content (AvgIpc) is 2.41. The van der Waals surface area contributed by atoms with E-state index >= 15 is 0 Å². The Morgan fingerprint density at radius 3 is 2.24 bits per heavy atom. The topological polar surface area (TPSA) is 22.0 Å². The molecule has 2 aromatic carbocycles. The standard InChI is InChI=1S/C17H13F2NO/c1-10-5-3-6-12-9-11(2)20(17(21)15(10)12)16-13(18)7-4-8-14(16)19/h3-9H,1-2H3. The van der Waals surface area contributed by atoms with Crippen molar-refractivity contribution in [3.8, 4) is 5.69 Å². The largest absolute Gasteiger partial charge is 0.275 e. The Balaban J connectivity index is 2.50. The van der Waals surface area contributed by atoms with Crippen LogP contribution in [0.25, 0.3) is 16.5 Å². The summed E-state index contributed by atoms with van der Waals surface area (Å²) in [6.07, 6.45) is 0. The molecule has 0 saturated heterocycles. The van der Waals surface area contributed by atoms with Crippen LogP contribution in [-0.2, 0) is 0 Å². The summed E-state index contributed by atoms with van der Waals surface area (Å²) in [4.78, 5) is 12.7. The third-order valence-corrected chi connectivity index (χ3v) is 3.60. The summed E-state index contributed by atoms with van der Waals surface area (Å²) in [5.74, 6) is -1.51. The highest BCUT2D eigenvalue weighted by atomic mass is 19.1. The molecule has 21 heavy (non-hydrogen) atoms. The summed E-state index contributed by atoms with van der Waals surface area (Å²) in [5, 5.41) is 1.25. The van der Waals surface area contributed by atoms with Gasteiger partial charge in [-0.3, -0.25) is 9.36 Å². The van der Waals surface area contributed by atoms with Crippen molar-refractivity contribution in [3.63, 3.8) is 0 Å². The van der Waals surface area contributed by atoms with Crippen LogP contribution < -0.4 is 5.56 Å². The van der Waals surface area contributed by atoms with E-state index < -0.39 is 17.2 Å². The minimum absolute atomic E-state index is 0.329. The number of aryl methyl sites for hydroxylation is 2. The van der Waals surface area contributed by atoms with Crippen molar-refractivity contribution < 1.29 is 8.78 Å². The lowest BCUT2D eigenvalue weighted by Crippen LogP contribution is -2.23. The Morgan fingerprint density at radius 1 is 0.952 bits per heavy atom. The molecule has 1 aromatic heterocycles. The van der Waals surface area contributed by atoms with E-state index in [0.29, 0.717) is 11.1 Å². The highest BCUT2D eigenvalue weighted by Crippen LogP contribution is 2.21. The van der Waals surface area contributed by atoms with Gasteiger partial charge in [-0.15, -0.1) is 0 Å². The molecule has 0 radical (unpaired) electrons. The number of rotatable bonds is 1. The van der Waals surface area contributed by atoms with Crippen molar-refractivity contribution in [2.45, 2.75) is 13.8 Å². The van der Waals surface area contributed by atoms with E-state index in [1.165, 1.54) is 6.07 Å². The van der Waals surface area contributed by atoms with E-state index in [4.69, 9.17) is 0 Å². The van der Waals surface area contributed by atoms with Crippen LogP contribution in [0, 0.1) is 25.5 Å². The third kappa shape index (κ3) is 2.03. The summed E-state index contributed by atoms with van der Waals surface area (Å²) >= 11 is 0. The van der Waals surface area contributed by atoms with E-state index in [1.54, 1.807) is 26.0 Å². The molecular weight excluding hydrogens is 272 g/mol. The highest BCUT2D eigenvalue weighted by molar-refractivity contribution is 5.85. The van der Waals surface area contributed by atoms with Crippen LogP contribution in [0.15, 0.2) is 47.3 Å². The number of hydrogen-bond donors (Lipinski definition) is 0. The lowest BCUT2D eigenvalue weighted by Gasteiger charge is -2.14. The van der Waals surface area contributed by atoms with Gasteiger partial charge in [-0.05, 0) is 43.0 Å². The summed E-state index contributed by atoms with van der Waals surface area (Å²) in [6.45, 7) is 3.47. The van der Waals surface area contributed by atoms with Gasteiger partial charge in [0.25, 0.3) is 5.56 Å². The first-order chi connectivity index (χ1) is 10.0. The molecule has 2 nitrogen and oxygen atoms in total. The van der Waals surface area contributed by atoms with Crippen LogP contribution in [0.5, 0.6) is 0 Å². The molecule has 0 aliphatic carbocycles. The minimum Gasteiger partial charge on any atom is -0.275 e. The summed E-state index contributed by atoms with van der Waals surface area (Å²) in [7, 11) is 0. The van der Waals surface area contributed by atoms with Gasteiger partial charge in [0.15, 0.2) is 0 Å². The molecule has 0 aliphatic rings. The smallest absolute Gasteiger partial charge is 0.263 e. The van der Waals surface area contributed by atoms with Gasteiger partial charge in [0.05, 0.1) is 5.39 Å². The Labute approximate surface area is 120 Å². The second-order valence-corrected chi connectivity index (χ2v) is 5.04. The van der Waals surface area contributed by atoms with Gasteiger partial charge in [-0.25, -0.2) is 8.78 Å². The Kier molecular flexibility index (Phi) is 3.09. The molecule has 106 valence electrons. The van der Waals surface area contributed by atoms with Gasteiger partial charge in [0, 0.05) is 5.69 Å². The molecule has 0 fully saturated rings. The molecule has 0 bridgehead atoms. The SMILES string of the molecule is Cc1cccc2cc(C)n(-c3c(F)cccc3F)c(=O)c12. The van der Waals surface area contributed by atoms with Gasteiger partial charge in [-0.1, -0.05) is 24.3 Å². The van der Waals surface area contributed by atoms with Crippen molar-refractivity contribution in [2.24, 2.45) is 0 Å². The molecule has 0 atom stereocenters. The van der Waals surface area contributed by atoms with Crippen LogP contribution in [0.4, 0.5) is 8.78 Å². The van der Waals surface area contributed by atoms with Crippen molar-refractivity contribution in [1.82, 2.24) is 4.57 Å². The Bertz CT molecular complexity index is 892. The maximum Gasteiger partial charge on any atom is 0.263 e. The first-order valence-corrected chi connectivity index (χ1v) is 6.57. The van der Waals surface area contributed by atoms with Gasteiger partial charge in [0.1, 0.15) is 17.3 Å². The van der Waals surface area contributed by atoms with E-state index in [0.717, 1.165) is 27.6 Å². The van der Waals surface area contributed by atoms with Gasteiger partial charge >= 0.3 is 0 Å². The summed E-state index contributed by atoms with van der Waals surface area (Å²) in [6, 6.07) is 10.8. The molecule has 3 aromatic rings. The van der Waals surface area contributed by atoms with Crippen LogP contribution in [0.2, 0.25) is 0 Å². The monoisotopic (exact) mass is 285 g/mol. The predicted molar refractivity (Wildman–Crippen MR) is 78.9 cm³/mol. The van der Waals surface area contributed by atoms with Gasteiger partial charge in [-0.2, -0.15) is 0 Å². The first-order valence-electron chi connectivity index (χ1n) is 6.57. The van der Waals surface area contributed by atoms with Gasteiger partial charge in [0.2, 0.25) is 0 Å². The zero-order chi connectivity index (χ0) is 15.1. The summed E-state index contributed by atoms with van der Waals surface area (Å²) in [5.41, 5.74) is 0.530. The lowest BCUT2D eigenvalue weighted by molar-refractivity contribution is 0.565. The van der Waals surface area contributed by atoms with E-state index in [-0.39, 0.29) is 5.69 Å². The van der Waals surface area contributed by atoms with Gasteiger partial charge < -0.3 is 0 Å². The number of para-hydroxylation sites is 1. The van der Waals surface area contributed by atoms with Crippen LogP contribution in [-0.4, -0.2) is 4.57 Å². The normalized spacial score (nSPS) is 11.0. The zero-order valence-electron chi connectivity index (χ0n) is 11.7. The third-order valence-electron chi connectivity index (χ3n) is 3.60. The van der Waals surface area contributed by atoms with Crippen molar-refractivity contribution in [1.29, 1.82) is 0 Å². The second-order valence-electron chi connectivity index (χ2n) is 5.04. The average molecular weight is 285 g/mol. The fourth-order valence-electron chi connectivity index (χ4n) is 2.64. The molecule has 4 heteroatoms. The number of nitrogens with zero attached hydrogens (tertiary/aromatic N) is 1. The maximum absolute atomic E-state index is 14.0. The highest BCUT2D eigenvalue weighted by Gasteiger charge is 2.16. The van der Waals surface area contributed by atoms with Crippen LogP contribution >= 0.6 is 0 Å². The molecule has 1 heterocycles. The van der Waals surface area contributed by atoms with Crippen molar-refractivity contribution >= 4 is 10.8 Å². The van der Waals surface area contributed by atoms with Crippen LogP contribution in [0.3, 0.4) is 0 Å². The quantitative estimate of drug-likeness (QED) is 0.665. The summed E-state index contributed by atoms with van der Waals surface area (Å²) < 4.78 is 29.1. The molecule has 0 unspecified atom stereocenters. The molecule has 0 aliphatic heterocycles. The molecular formula is C17H13F2NO. The molecule has 3 rings (SSSR count). The Morgan fingerprint density at radius 2 is 1.57 bits per heavy atom. The number of halogens is 2. The van der Waals surface area contributed by atoms with Crippen molar-refractivity contribution in [2.75, 3.05) is 0 Å². The number of fused-ring (bicyclic) bond motifs is 1. The lowest BCUT2D eigenvalue weighted by atomic mass is 10.1. The van der Waals surface area contributed by atoms with E-state index in [2.05, 4.69) is 0 Å². The molecule has 0 spiro atoms. The molecule has 0 N–H and O–H groups in total. The van der Waals surface area contributed by atoms with Crippen molar-refractivity contribution in [3.05, 3.63) is 75.7 Å². The fraction of sp³-hybridized carbons (Fsp3) is 0.118. The van der Waals surface area contributed by atoms with E-state index in [9.17, 15) is 13.6 Å². The number of benzene rings is 2. The second kappa shape index (κ2) is 4.81. The number of pyridine rings is 1. The molecule has 0 saturated carbocycles. The number of hydrogen-bond acceptors (Lipinski definition) is 1. The van der Waals surface area contributed by atoms with E-state index in [1.807, 2.05) is 12.1 Å². The zero-order valence-corrected chi connectivity index (χ0v) is 11.7. The first kappa shape index (κ1) is 13.5. The predicted octanol–water partition coefficient (Wildman–Crippen LogP) is 3.89. The number of aromatic nitrogens is 1. The Hall–Kier alpha value is -2.49. The maximum atomic E-state index is 14.0.